The Bertz CT molecular complexity index is 911. The van der Waals surface area contributed by atoms with Gasteiger partial charge in [-0.3, -0.25) is 9.59 Å². The molecule has 11 heteroatoms. The van der Waals surface area contributed by atoms with E-state index < -0.39 is 53.3 Å². The molecule has 0 saturated carbocycles. The predicted molar refractivity (Wildman–Crippen MR) is 96.4 cm³/mol. The molecule has 0 radical (unpaired) electrons. The van der Waals surface area contributed by atoms with E-state index in [9.17, 15) is 35.9 Å². The van der Waals surface area contributed by atoms with Crippen LogP contribution in [-0.4, -0.2) is 17.9 Å². The maximum absolute atomic E-state index is 12.9. The Labute approximate surface area is 172 Å². The maximum Gasteiger partial charge on any atom is 0.416 e. The van der Waals surface area contributed by atoms with E-state index in [4.69, 9.17) is 17.3 Å². The molecule has 0 bridgehead atoms. The van der Waals surface area contributed by atoms with E-state index in [0.717, 1.165) is 0 Å². The summed E-state index contributed by atoms with van der Waals surface area (Å²) in [6.07, 6.45) is -10.9. The highest BCUT2D eigenvalue weighted by atomic mass is 35.5. The van der Waals surface area contributed by atoms with Crippen molar-refractivity contribution in [2.75, 3.05) is 0 Å². The van der Waals surface area contributed by atoms with Gasteiger partial charge < -0.3 is 11.1 Å². The molecule has 0 spiro atoms. The van der Waals surface area contributed by atoms with Crippen LogP contribution in [0.15, 0.2) is 42.5 Å². The molecule has 4 nitrogen and oxygen atoms in total. The van der Waals surface area contributed by atoms with Crippen molar-refractivity contribution in [3.8, 4) is 0 Å². The van der Waals surface area contributed by atoms with Crippen LogP contribution in [-0.2, 0) is 34.8 Å². The third-order valence-corrected chi connectivity index (χ3v) is 4.25. The topological polar surface area (TPSA) is 72.2 Å². The molecule has 3 N–H and O–H groups in total. The Balaban J connectivity index is 2.21. The molecule has 1 atom stereocenters. The van der Waals surface area contributed by atoms with Crippen molar-refractivity contribution in [1.82, 2.24) is 5.32 Å². The SMILES string of the molecule is NC(=O)[C@H](Cc1cccc(Cl)c1)NC(=O)Cc1cc(C(F)(F)F)cc(C(F)(F)F)c1. The van der Waals surface area contributed by atoms with E-state index in [1.54, 1.807) is 18.2 Å². The lowest BCUT2D eigenvalue weighted by atomic mass is 10.0. The number of nitrogens with one attached hydrogen (secondary N) is 1. The number of carbonyl (C=O) groups excluding carboxylic acids is 2. The summed E-state index contributed by atoms with van der Waals surface area (Å²) in [5.74, 6) is -1.89. The second-order valence-corrected chi connectivity index (χ2v) is 6.88. The molecular formula is C19H15ClF6N2O2. The minimum Gasteiger partial charge on any atom is -0.368 e. The number of rotatable bonds is 6. The van der Waals surface area contributed by atoms with Crippen LogP contribution in [0.2, 0.25) is 5.02 Å². The molecule has 0 unspecified atom stereocenters. The zero-order valence-electron chi connectivity index (χ0n) is 15.1. The number of hydrogen-bond donors (Lipinski definition) is 2. The van der Waals surface area contributed by atoms with Gasteiger partial charge in [0.15, 0.2) is 0 Å². The van der Waals surface area contributed by atoms with Gasteiger partial charge in [0.1, 0.15) is 6.04 Å². The molecule has 0 aliphatic heterocycles. The van der Waals surface area contributed by atoms with Crippen LogP contribution in [0, 0.1) is 0 Å². The summed E-state index contributed by atoms with van der Waals surface area (Å²) in [5.41, 5.74) is 2.20. The highest BCUT2D eigenvalue weighted by molar-refractivity contribution is 6.30. The molecule has 2 aromatic rings. The van der Waals surface area contributed by atoms with Gasteiger partial charge in [0.05, 0.1) is 17.5 Å². The van der Waals surface area contributed by atoms with Crippen LogP contribution in [0.5, 0.6) is 0 Å². The molecular weight excluding hydrogens is 438 g/mol. The van der Waals surface area contributed by atoms with Crippen LogP contribution in [0.3, 0.4) is 0 Å². The fourth-order valence-corrected chi connectivity index (χ4v) is 2.89. The van der Waals surface area contributed by atoms with Crippen LogP contribution < -0.4 is 11.1 Å². The summed E-state index contributed by atoms with van der Waals surface area (Å²) in [5, 5.41) is 2.60. The first kappa shape index (κ1) is 23.5. The second-order valence-electron chi connectivity index (χ2n) is 6.45. The number of halogens is 7. The number of amides is 2. The second kappa shape index (κ2) is 8.95. The lowest BCUT2D eigenvalue weighted by molar-refractivity contribution is -0.143. The molecule has 0 saturated heterocycles. The van der Waals surface area contributed by atoms with Crippen molar-refractivity contribution in [1.29, 1.82) is 0 Å². The smallest absolute Gasteiger partial charge is 0.368 e. The summed E-state index contributed by atoms with van der Waals surface area (Å²) in [7, 11) is 0. The first-order chi connectivity index (χ1) is 13.8. The minimum atomic E-state index is -5.03. The van der Waals surface area contributed by atoms with Crippen molar-refractivity contribution in [3.63, 3.8) is 0 Å². The number of carbonyl (C=O) groups is 2. The van der Waals surface area contributed by atoms with Gasteiger partial charge in [0.25, 0.3) is 0 Å². The number of primary amides is 1. The molecule has 2 rings (SSSR count). The average Bonchev–Trinajstić information content (AvgIpc) is 2.59. The fourth-order valence-electron chi connectivity index (χ4n) is 2.67. The third kappa shape index (κ3) is 6.65. The molecule has 2 aromatic carbocycles. The van der Waals surface area contributed by atoms with E-state index in [2.05, 4.69) is 5.32 Å². The zero-order chi connectivity index (χ0) is 22.7. The predicted octanol–water partition coefficient (Wildman–Crippen LogP) is 4.13. The van der Waals surface area contributed by atoms with Gasteiger partial charge in [-0.1, -0.05) is 23.7 Å². The zero-order valence-corrected chi connectivity index (χ0v) is 15.8. The quantitative estimate of drug-likeness (QED) is 0.647. The Hall–Kier alpha value is -2.75. The van der Waals surface area contributed by atoms with Gasteiger partial charge in [0, 0.05) is 11.4 Å². The summed E-state index contributed by atoms with van der Waals surface area (Å²) in [4.78, 5) is 23.8. The lowest BCUT2D eigenvalue weighted by Crippen LogP contribution is -2.46. The van der Waals surface area contributed by atoms with E-state index in [-0.39, 0.29) is 12.5 Å². The first-order valence-electron chi connectivity index (χ1n) is 8.37. The Kier molecular flexibility index (Phi) is 7.02. The molecule has 0 aromatic heterocycles. The van der Waals surface area contributed by atoms with Gasteiger partial charge in [0.2, 0.25) is 11.8 Å². The van der Waals surface area contributed by atoms with Crippen LogP contribution >= 0.6 is 11.6 Å². The molecule has 2 amide bonds. The molecule has 162 valence electrons. The summed E-state index contributed by atoms with van der Waals surface area (Å²) in [6, 6.07) is 5.93. The highest BCUT2D eigenvalue weighted by Gasteiger charge is 2.37. The van der Waals surface area contributed by atoms with Gasteiger partial charge in [-0.2, -0.15) is 26.3 Å². The highest BCUT2D eigenvalue weighted by Crippen LogP contribution is 2.36. The number of nitrogens with two attached hydrogens (primary N) is 1. The van der Waals surface area contributed by atoms with Gasteiger partial charge >= 0.3 is 12.4 Å². The molecule has 0 fully saturated rings. The standard InChI is InChI=1S/C19H15ClF6N2O2/c20-14-3-1-2-10(6-14)7-15(17(27)30)28-16(29)8-11-4-12(18(21,22)23)9-13(5-11)19(24,25)26/h1-6,9,15H,7-8H2,(H2,27,30)(H,28,29)/t15-/m0/s1. The molecule has 0 aliphatic carbocycles. The summed E-state index contributed by atoms with van der Waals surface area (Å²) >= 11 is 5.84. The monoisotopic (exact) mass is 452 g/mol. The average molecular weight is 453 g/mol. The number of hydrogen-bond acceptors (Lipinski definition) is 2. The van der Waals surface area contributed by atoms with E-state index in [1.807, 2.05) is 0 Å². The number of alkyl halides is 6. The first-order valence-corrected chi connectivity index (χ1v) is 8.75. The minimum absolute atomic E-state index is 0.0350. The van der Waals surface area contributed by atoms with Crippen molar-refractivity contribution < 1.29 is 35.9 Å². The largest absolute Gasteiger partial charge is 0.416 e. The Morgan fingerprint density at radius 3 is 1.97 bits per heavy atom. The van der Waals surface area contributed by atoms with Crippen molar-refractivity contribution >= 4 is 23.4 Å². The van der Waals surface area contributed by atoms with Crippen LogP contribution in [0.1, 0.15) is 22.3 Å². The lowest BCUT2D eigenvalue weighted by Gasteiger charge is -2.17. The van der Waals surface area contributed by atoms with Crippen molar-refractivity contribution in [3.05, 3.63) is 69.7 Å². The summed E-state index contributed by atoms with van der Waals surface area (Å²) in [6.45, 7) is 0. The molecule has 30 heavy (non-hydrogen) atoms. The van der Waals surface area contributed by atoms with Crippen LogP contribution in [0.25, 0.3) is 0 Å². The Morgan fingerprint density at radius 1 is 0.933 bits per heavy atom. The Morgan fingerprint density at radius 2 is 1.50 bits per heavy atom. The molecule has 0 aliphatic rings. The summed E-state index contributed by atoms with van der Waals surface area (Å²) < 4.78 is 77.5. The maximum atomic E-state index is 12.9. The van der Waals surface area contributed by atoms with Crippen LogP contribution in [0.4, 0.5) is 26.3 Å². The van der Waals surface area contributed by atoms with Gasteiger partial charge in [-0.05, 0) is 41.5 Å². The number of benzene rings is 2. The van der Waals surface area contributed by atoms with E-state index in [1.165, 1.54) is 6.07 Å². The van der Waals surface area contributed by atoms with E-state index in [0.29, 0.717) is 22.7 Å². The van der Waals surface area contributed by atoms with Crippen molar-refractivity contribution in [2.45, 2.75) is 31.2 Å². The fraction of sp³-hybridized carbons (Fsp3) is 0.263. The normalized spacial score (nSPS) is 13.0. The molecule has 0 heterocycles. The third-order valence-electron chi connectivity index (χ3n) is 4.02. The van der Waals surface area contributed by atoms with E-state index >= 15 is 0 Å². The van der Waals surface area contributed by atoms with Crippen molar-refractivity contribution in [2.24, 2.45) is 5.73 Å². The van der Waals surface area contributed by atoms with Gasteiger partial charge in [-0.15, -0.1) is 0 Å². The van der Waals surface area contributed by atoms with Gasteiger partial charge in [-0.25, -0.2) is 0 Å².